The van der Waals surface area contributed by atoms with Crippen LogP contribution in [-0.4, -0.2) is 39.2 Å². The number of hydrogen-bond donors (Lipinski definition) is 2. The maximum atomic E-state index is 12.9. The highest BCUT2D eigenvalue weighted by atomic mass is 19.1. The van der Waals surface area contributed by atoms with E-state index in [1.807, 2.05) is 10.8 Å². The highest BCUT2D eigenvalue weighted by Gasteiger charge is 2.27. The van der Waals surface area contributed by atoms with E-state index in [0.29, 0.717) is 19.4 Å². The molecule has 3 rings (SSSR count). The fourth-order valence-electron chi connectivity index (χ4n) is 2.77. The molecule has 2 unspecified atom stereocenters. The van der Waals surface area contributed by atoms with E-state index in [9.17, 15) is 19.1 Å². The molecule has 8 heteroatoms. The second kappa shape index (κ2) is 7.33. The summed E-state index contributed by atoms with van der Waals surface area (Å²) in [5, 5.41) is 11.9. The van der Waals surface area contributed by atoms with Crippen molar-refractivity contribution in [3.8, 4) is 5.75 Å². The number of carbonyl (C=O) groups is 2. The van der Waals surface area contributed by atoms with Crippen LogP contribution in [0.5, 0.6) is 5.75 Å². The third-order valence-electron chi connectivity index (χ3n) is 4.15. The molecule has 1 amide bonds. The van der Waals surface area contributed by atoms with E-state index < -0.39 is 17.9 Å². The zero-order chi connectivity index (χ0) is 17.8. The summed E-state index contributed by atoms with van der Waals surface area (Å²) in [6.45, 7) is 0.540. The number of nitrogens with zero attached hydrogens (tertiary/aromatic N) is 2. The van der Waals surface area contributed by atoms with Crippen molar-refractivity contribution in [1.29, 1.82) is 0 Å². The van der Waals surface area contributed by atoms with Gasteiger partial charge < -0.3 is 19.7 Å². The number of aromatic nitrogens is 2. The van der Waals surface area contributed by atoms with Gasteiger partial charge in [-0.25, -0.2) is 14.2 Å². The molecule has 2 atom stereocenters. The van der Waals surface area contributed by atoms with Gasteiger partial charge in [0.25, 0.3) is 0 Å². The Bertz CT molecular complexity index is 760. The van der Waals surface area contributed by atoms with Crippen LogP contribution in [0.1, 0.15) is 12.2 Å². The van der Waals surface area contributed by atoms with Crippen LogP contribution in [0.25, 0.3) is 0 Å². The number of imidazole rings is 1. The molecule has 0 fully saturated rings. The summed E-state index contributed by atoms with van der Waals surface area (Å²) in [5.41, 5.74) is 0. The van der Waals surface area contributed by atoms with Crippen LogP contribution in [-0.2, 0) is 22.6 Å². The third-order valence-corrected chi connectivity index (χ3v) is 4.15. The molecular formula is C17H18FN3O4. The number of nitrogens with one attached hydrogen (secondary N) is 1. The van der Waals surface area contributed by atoms with Gasteiger partial charge in [-0.1, -0.05) is 0 Å². The number of aryl methyl sites for hydroxylation is 1. The molecule has 2 N–H and O–H groups in total. The Morgan fingerprint density at radius 1 is 1.40 bits per heavy atom. The molecule has 0 saturated heterocycles. The Kier molecular flexibility index (Phi) is 4.97. The summed E-state index contributed by atoms with van der Waals surface area (Å²) in [6.07, 6.45) is 3.52. The van der Waals surface area contributed by atoms with E-state index in [0.717, 1.165) is 5.82 Å². The van der Waals surface area contributed by atoms with Crippen molar-refractivity contribution in [2.24, 2.45) is 5.92 Å². The van der Waals surface area contributed by atoms with E-state index in [4.69, 9.17) is 4.74 Å². The number of amides is 1. The molecular weight excluding hydrogens is 329 g/mol. The molecule has 2 heterocycles. The maximum absolute atomic E-state index is 12.9. The largest absolute Gasteiger partial charge is 0.478 e. The smallest absolute Gasteiger partial charge is 0.346 e. The molecule has 0 saturated carbocycles. The average molecular weight is 347 g/mol. The monoisotopic (exact) mass is 347 g/mol. The molecule has 1 aliphatic rings. The minimum atomic E-state index is -1.25. The lowest BCUT2D eigenvalue weighted by molar-refractivity contribution is -0.145. The number of rotatable bonds is 6. The number of carbonyl (C=O) groups excluding carboxylic acids is 1. The number of fused-ring (bicyclic) bond motifs is 1. The van der Waals surface area contributed by atoms with E-state index >= 15 is 0 Å². The minimum Gasteiger partial charge on any atom is -0.478 e. The number of benzene rings is 1. The first-order valence-corrected chi connectivity index (χ1v) is 7.95. The first-order chi connectivity index (χ1) is 12.0. The van der Waals surface area contributed by atoms with Gasteiger partial charge in [0.05, 0.1) is 6.54 Å². The molecule has 1 aromatic carbocycles. The van der Waals surface area contributed by atoms with Gasteiger partial charge in [0.2, 0.25) is 12.0 Å². The predicted octanol–water partition coefficient (Wildman–Crippen LogP) is 1.23. The summed E-state index contributed by atoms with van der Waals surface area (Å²) in [6, 6.07) is 5.04. The summed E-state index contributed by atoms with van der Waals surface area (Å²) < 4.78 is 20.2. The lowest BCUT2D eigenvalue weighted by Crippen LogP contribution is -2.43. The van der Waals surface area contributed by atoms with Gasteiger partial charge in [-0.3, -0.25) is 4.79 Å². The second-order valence-corrected chi connectivity index (χ2v) is 5.87. The van der Waals surface area contributed by atoms with E-state index in [2.05, 4.69) is 10.3 Å². The Morgan fingerprint density at radius 3 is 2.88 bits per heavy atom. The fraction of sp³-hybridized carbons (Fsp3) is 0.353. The number of ether oxygens (including phenoxy) is 1. The van der Waals surface area contributed by atoms with Crippen molar-refractivity contribution >= 4 is 11.9 Å². The van der Waals surface area contributed by atoms with Crippen molar-refractivity contribution in [3.05, 3.63) is 48.3 Å². The van der Waals surface area contributed by atoms with Crippen molar-refractivity contribution in [1.82, 2.24) is 14.9 Å². The zero-order valence-electron chi connectivity index (χ0n) is 13.4. The first-order valence-electron chi connectivity index (χ1n) is 7.95. The second-order valence-electron chi connectivity index (χ2n) is 5.87. The number of hydrogen-bond acceptors (Lipinski definition) is 4. The number of aliphatic carboxylic acids is 1. The first kappa shape index (κ1) is 16.9. The van der Waals surface area contributed by atoms with E-state index in [1.54, 1.807) is 6.20 Å². The summed E-state index contributed by atoms with van der Waals surface area (Å²) in [4.78, 5) is 27.8. The number of halogens is 1. The standard InChI is InChI=1S/C17H18FN3O4/c18-12-1-3-13(4-2-12)25-14(17(23)24)10-20-16(22)11-5-7-21-8-6-19-15(21)9-11/h1-4,6,8,11,14H,5,7,9-10H2,(H,20,22)(H,23,24). The van der Waals surface area contributed by atoms with Crippen LogP contribution in [0.15, 0.2) is 36.7 Å². The van der Waals surface area contributed by atoms with Gasteiger partial charge >= 0.3 is 5.97 Å². The summed E-state index contributed by atoms with van der Waals surface area (Å²) >= 11 is 0. The number of carboxylic acid groups (broad SMARTS) is 1. The molecule has 7 nitrogen and oxygen atoms in total. The lowest BCUT2D eigenvalue weighted by atomic mass is 9.97. The normalized spacial score (nSPS) is 17.4. The predicted molar refractivity (Wildman–Crippen MR) is 85.5 cm³/mol. The Morgan fingerprint density at radius 2 is 2.16 bits per heavy atom. The Balaban J connectivity index is 1.55. The molecule has 0 radical (unpaired) electrons. The zero-order valence-corrected chi connectivity index (χ0v) is 13.4. The van der Waals surface area contributed by atoms with Crippen LogP contribution in [0, 0.1) is 11.7 Å². The van der Waals surface area contributed by atoms with Gasteiger partial charge in [0.1, 0.15) is 17.4 Å². The summed E-state index contributed by atoms with van der Waals surface area (Å²) in [5.74, 6) is -1.03. The molecule has 0 spiro atoms. The SMILES string of the molecule is O=C(NCC(Oc1ccc(F)cc1)C(=O)O)C1CCn2ccnc2C1. The van der Waals surface area contributed by atoms with Crippen LogP contribution in [0.2, 0.25) is 0 Å². The summed E-state index contributed by atoms with van der Waals surface area (Å²) in [7, 11) is 0. The van der Waals surface area contributed by atoms with Gasteiger partial charge in [-0.2, -0.15) is 0 Å². The maximum Gasteiger partial charge on any atom is 0.346 e. The van der Waals surface area contributed by atoms with Crippen molar-refractivity contribution in [2.75, 3.05) is 6.54 Å². The Hall–Kier alpha value is -2.90. The van der Waals surface area contributed by atoms with Crippen molar-refractivity contribution < 1.29 is 23.8 Å². The quantitative estimate of drug-likeness (QED) is 0.820. The minimum absolute atomic E-state index is 0.170. The highest BCUT2D eigenvalue weighted by Crippen LogP contribution is 2.19. The van der Waals surface area contributed by atoms with Gasteiger partial charge in [0, 0.05) is 31.3 Å². The van der Waals surface area contributed by atoms with Gasteiger partial charge in [-0.15, -0.1) is 0 Å². The molecule has 0 bridgehead atoms. The van der Waals surface area contributed by atoms with Crippen LogP contribution in [0.3, 0.4) is 0 Å². The number of carboxylic acids is 1. The van der Waals surface area contributed by atoms with Gasteiger partial charge in [0.15, 0.2) is 0 Å². The molecule has 1 aliphatic heterocycles. The average Bonchev–Trinajstić information content (AvgIpc) is 3.07. The third kappa shape index (κ3) is 4.14. The van der Waals surface area contributed by atoms with Crippen LogP contribution < -0.4 is 10.1 Å². The Labute approximate surface area is 143 Å². The molecule has 25 heavy (non-hydrogen) atoms. The molecule has 1 aromatic heterocycles. The molecule has 132 valence electrons. The van der Waals surface area contributed by atoms with E-state index in [1.165, 1.54) is 24.3 Å². The fourth-order valence-corrected chi connectivity index (χ4v) is 2.77. The molecule has 2 aromatic rings. The van der Waals surface area contributed by atoms with Crippen molar-refractivity contribution in [2.45, 2.75) is 25.5 Å². The lowest BCUT2D eigenvalue weighted by Gasteiger charge is -2.23. The van der Waals surface area contributed by atoms with Gasteiger partial charge in [-0.05, 0) is 30.7 Å². The topological polar surface area (TPSA) is 93.5 Å². The highest BCUT2D eigenvalue weighted by molar-refractivity contribution is 5.80. The van der Waals surface area contributed by atoms with Crippen LogP contribution in [0.4, 0.5) is 4.39 Å². The van der Waals surface area contributed by atoms with Crippen LogP contribution >= 0.6 is 0 Å². The van der Waals surface area contributed by atoms with Crippen molar-refractivity contribution in [3.63, 3.8) is 0 Å². The van der Waals surface area contributed by atoms with E-state index in [-0.39, 0.29) is 24.1 Å². The molecule has 0 aliphatic carbocycles.